The summed E-state index contributed by atoms with van der Waals surface area (Å²) >= 11 is 1.75. The van der Waals surface area contributed by atoms with Crippen LogP contribution in [0.15, 0.2) is 11.2 Å². The quantitative estimate of drug-likeness (QED) is 0.410. The summed E-state index contributed by atoms with van der Waals surface area (Å²) in [5.41, 5.74) is -0.00914. The summed E-state index contributed by atoms with van der Waals surface area (Å²) in [5.74, 6) is 0.824. The highest BCUT2D eigenvalue weighted by Gasteiger charge is 2.58. The number of rotatable bonds is 5. The number of hydrogen-bond acceptors (Lipinski definition) is 4. The van der Waals surface area contributed by atoms with Gasteiger partial charge in [0.15, 0.2) is 5.96 Å². The Morgan fingerprint density at radius 1 is 1.48 bits per heavy atom. The lowest BCUT2D eigenvalue weighted by atomic mass is 9.56. The molecule has 0 radical (unpaired) electrons. The van der Waals surface area contributed by atoms with E-state index < -0.39 is 0 Å². The van der Waals surface area contributed by atoms with Gasteiger partial charge in [0.1, 0.15) is 5.01 Å². The summed E-state index contributed by atoms with van der Waals surface area (Å²) < 4.78 is 5.67. The molecule has 7 heteroatoms. The molecular weight excluding hydrogens is 423 g/mol. The summed E-state index contributed by atoms with van der Waals surface area (Å²) in [4.78, 5) is 10.1. The van der Waals surface area contributed by atoms with Crippen molar-refractivity contribution in [2.45, 2.75) is 58.7 Å². The van der Waals surface area contributed by atoms with Gasteiger partial charge in [-0.2, -0.15) is 0 Å². The molecule has 2 rings (SSSR count). The number of aromatic nitrogens is 1. The fourth-order valence-electron chi connectivity index (χ4n) is 2.84. The average Bonchev–Trinajstić information content (AvgIpc) is 2.97. The van der Waals surface area contributed by atoms with E-state index in [0.29, 0.717) is 12.6 Å². The molecule has 1 aliphatic carbocycles. The van der Waals surface area contributed by atoms with Gasteiger partial charge in [0.25, 0.3) is 0 Å². The second-order valence-corrected chi connectivity index (χ2v) is 7.76. The van der Waals surface area contributed by atoms with Crippen LogP contribution in [-0.2, 0) is 17.7 Å². The molecule has 1 aromatic heterocycles. The summed E-state index contributed by atoms with van der Waals surface area (Å²) in [7, 11) is 3.59. The number of guanidine groups is 1. The van der Waals surface area contributed by atoms with Crippen LogP contribution in [0, 0.1) is 5.41 Å². The first-order chi connectivity index (χ1) is 10.4. The Morgan fingerprint density at radius 3 is 2.65 bits per heavy atom. The highest BCUT2D eigenvalue weighted by molar-refractivity contribution is 14.0. The molecule has 132 valence electrons. The van der Waals surface area contributed by atoms with Crippen molar-refractivity contribution < 1.29 is 4.74 Å². The first-order valence-corrected chi connectivity index (χ1v) is 8.64. The van der Waals surface area contributed by atoms with E-state index in [0.717, 1.165) is 23.8 Å². The number of methoxy groups -OCH3 is 1. The van der Waals surface area contributed by atoms with Crippen LogP contribution in [0.1, 0.15) is 44.0 Å². The zero-order valence-electron chi connectivity index (χ0n) is 14.9. The van der Waals surface area contributed by atoms with Crippen LogP contribution in [0.2, 0.25) is 0 Å². The molecule has 23 heavy (non-hydrogen) atoms. The van der Waals surface area contributed by atoms with Gasteiger partial charge in [0.2, 0.25) is 0 Å². The van der Waals surface area contributed by atoms with E-state index in [-0.39, 0.29) is 35.0 Å². The molecule has 1 fully saturated rings. The number of nitrogens with one attached hydrogen (secondary N) is 2. The van der Waals surface area contributed by atoms with Crippen LogP contribution < -0.4 is 10.6 Å². The normalized spacial score (nSPS) is 26.2. The standard InChI is InChI=1S/C16H28N4OS.HI/c1-7-11-9-18-13(22-11)10-19-14(17-5)20-12-8-16(4,21-6)15(12,2)3;/h9,12H,7-8,10H2,1-6H3,(H2,17,19,20);1H. The summed E-state index contributed by atoms with van der Waals surface area (Å²) in [6.07, 6.45) is 3.97. The van der Waals surface area contributed by atoms with E-state index in [1.165, 1.54) is 4.88 Å². The molecule has 1 heterocycles. The third-order valence-electron chi connectivity index (χ3n) is 5.17. The predicted molar refractivity (Wildman–Crippen MR) is 108 cm³/mol. The van der Waals surface area contributed by atoms with E-state index in [9.17, 15) is 0 Å². The summed E-state index contributed by atoms with van der Waals surface area (Å²) in [6.45, 7) is 9.50. The highest BCUT2D eigenvalue weighted by atomic mass is 127. The van der Waals surface area contributed by atoms with Gasteiger partial charge in [-0.3, -0.25) is 4.99 Å². The van der Waals surface area contributed by atoms with Crippen molar-refractivity contribution in [3.63, 3.8) is 0 Å². The second kappa shape index (κ2) is 8.11. The Bertz CT molecular complexity index is 546. The minimum Gasteiger partial charge on any atom is -0.378 e. The van der Waals surface area contributed by atoms with E-state index in [1.54, 1.807) is 25.5 Å². The number of ether oxygens (including phenoxy) is 1. The van der Waals surface area contributed by atoms with Crippen molar-refractivity contribution in [1.82, 2.24) is 15.6 Å². The SMILES string of the molecule is CCc1cnc(CNC(=NC)NC2CC(C)(OC)C2(C)C)s1.I. The Kier molecular flexibility index (Phi) is 7.28. The smallest absolute Gasteiger partial charge is 0.191 e. The Labute approximate surface area is 160 Å². The largest absolute Gasteiger partial charge is 0.378 e. The Morgan fingerprint density at radius 2 is 2.17 bits per heavy atom. The topological polar surface area (TPSA) is 58.5 Å². The van der Waals surface area contributed by atoms with E-state index in [2.05, 4.69) is 48.3 Å². The molecule has 1 aliphatic rings. The molecular formula is C16H29IN4OS. The number of thiazole rings is 1. The van der Waals surface area contributed by atoms with Gasteiger partial charge in [0.05, 0.1) is 12.1 Å². The number of nitrogens with zero attached hydrogens (tertiary/aromatic N) is 2. The van der Waals surface area contributed by atoms with Gasteiger partial charge >= 0.3 is 0 Å². The average molecular weight is 452 g/mol. The second-order valence-electron chi connectivity index (χ2n) is 6.56. The number of hydrogen-bond donors (Lipinski definition) is 2. The minimum absolute atomic E-state index is 0. The van der Waals surface area contributed by atoms with Crippen LogP contribution in [0.3, 0.4) is 0 Å². The van der Waals surface area contributed by atoms with Crippen LogP contribution in [0.4, 0.5) is 0 Å². The molecule has 1 saturated carbocycles. The lowest BCUT2D eigenvalue weighted by molar-refractivity contribution is -0.176. The maximum Gasteiger partial charge on any atom is 0.191 e. The summed E-state index contributed by atoms with van der Waals surface area (Å²) in [6, 6.07) is 0.353. The number of aryl methyl sites for hydroxylation is 1. The van der Waals surface area contributed by atoms with Crippen molar-refractivity contribution in [2.75, 3.05) is 14.2 Å². The fourth-order valence-corrected chi connectivity index (χ4v) is 3.64. The van der Waals surface area contributed by atoms with Crippen LogP contribution in [0.25, 0.3) is 0 Å². The lowest BCUT2D eigenvalue weighted by Crippen LogP contribution is -2.69. The van der Waals surface area contributed by atoms with Gasteiger partial charge in [0, 0.05) is 36.7 Å². The van der Waals surface area contributed by atoms with Gasteiger partial charge in [-0.15, -0.1) is 35.3 Å². The van der Waals surface area contributed by atoms with E-state index >= 15 is 0 Å². The molecule has 2 unspecified atom stereocenters. The first-order valence-electron chi connectivity index (χ1n) is 7.82. The van der Waals surface area contributed by atoms with E-state index in [4.69, 9.17) is 4.74 Å². The lowest BCUT2D eigenvalue weighted by Gasteiger charge is -2.59. The number of halogens is 1. The predicted octanol–water partition coefficient (Wildman–Crippen LogP) is 3.19. The highest BCUT2D eigenvalue weighted by Crippen LogP contribution is 2.51. The van der Waals surface area contributed by atoms with Crippen molar-refractivity contribution in [1.29, 1.82) is 0 Å². The molecule has 2 N–H and O–H groups in total. The molecule has 2 atom stereocenters. The molecule has 0 aromatic carbocycles. The zero-order valence-corrected chi connectivity index (χ0v) is 18.0. The van der Waals surface area contributed by atoms with E-state index in [1.807, 2.05) is 6.20 Å². The minimum atomic E-state index is -0.0746. The molecule has 0 amide bonds. The molecule has 0 saturated heterocycles. The Balaban J connectivity index is 0.00000264. The van der Waals surface area contributed by atoms with Crippen molar-refractivity contribution >= 4 is 41.3 Å². The van der Waals surface area contributed by atoms with Crippen LogP contribution >= 0.6 is 35.3 Å². The zero-order chi connectivity index (χ0) is 16.4. The summed E-state index contributed by atoms with van der Waals surface area (Å²) in [5, 5.41) is 7.95. The maximum absolute atomic E-state index is 5.67. The maximum atomic E-state index is 5.67. The third kappa shape index (κ3) is 4.17. The first kappa shape index (κ1) is 20.6. The monoisotopic (exact) mass is 452 g/mol. The molecule has 5 nitrogen and oxygen atoms in total. The van der Waals surface area contributed by atoms with Gasteiger partial charge in [-0.1, -0.05) is 20.8 Å². The van der Waals surface area contributed by atoms with Crippen molar-refractivity contribution in [3.05, 3.63) is 16.1 Å². The molecule has 1 aromatic rings. The molecule has 0 spiro atoms. The van der Waals surface area contributed by atoms with Gasteiger partial charge < -0.3 is 15.4 Å². The Hall–Kier alpha value is -0.410. The van der Waals surface area contributed by atoms with Crippen molar-refractivity contribution in [3.8, 4) is 0 Å². The third-order valence-corrected chi connectivity index (χ3v) is 6.31. The molecule has 0 bridgehead atoms. The molecule has 0 aliphatic heterocycles. The van der Waals surface area contributed by atoms with Crippen molar-refractivity contribution in [2.24, 2.45) is 10.4 Å². The fraction of sp³-hybridized carbons (Fsp3) is 0.750. The van der Waals surface area contributed by atoms with Gasteiger partial charge in [-0.05, 0) is 19.8 Å². The van der Waals surface area contributed by atoms with Crippen LogP contribution in [-0.4, -0.2) is 36.7 Å². The van der Waals surface area contributed by atoms with Crippen LogP contribution in [0.5, 0.6) is 0 Å². The van der Waals surface area contributed by atoms with Gasteiger partial charge in [-0.25, -0.2) is 4.98 Å². The number of aliphatic imine (C=N–C) groups is 1.